The zero-order valence-corrected chi connectivity index (χ0v) is 24.8. The normalized spacial score (nSPS) is 18.0. The average Bonchev–Trinajstić information content (AvgIpc) is 3.54. The van der Waals surface area contributed by atoms with E-state index < -0.39 is 16.9 Å². The molecular formula is C27H33Cl2F3N6O6. The number of rotatable bonds is 6. The Balaban J connectivity index is 0.000000672. The van der Waals surface area contributed by atoms with E-state index in [4.69, 9.17) is 58.6 Å². The number of hydrogen-bond acceptors (Lipinski definition) is 8. The molecule has 0 bridgehead atoms. The largest absolute Gasteiger partial charge is 0.483 e. The summed E-state index contributed by atoms with van der Waals surface area (Å²) in [7, 11) is 0. The first kappa shape index (κ1) is 36.6. The lowest BCUT2D eigenvalue weighted by Gasteiger charge is -2.38. The van der Waals surface area contributed by atoms with Crippen LogP contribution in [0.3, 0.4) is 0 Å². The van der Waals surface area contributed by atoms with Gasteiger partial charge in [-0.3, -0.25) is 24.2 Å². The van der Waals surface area contributed by atoms with Gasteiger partial charge in [-0.15, -0.1) is 0 Å². The maximum absolute atomic E-state index is 13.2. The van der Waals surface area contributed by atoms with E-state index in [2.05, 4.69) is 25.1 Å². The van der Waals surface area contributed by atoms with Gasteiger partial charge in [0.1, 0.15) is 5.82 Å². The fraction of sp³-hybridized carbons (Fsp3) is 0.407. The second-order valence-electron chi connectivity index (χ2n) is 9.58. The molecule has 0 radical (unpaired) electrons. The molecule has 7 N–H and O–H groups in total. The summed E-state index contributed by atoms with van der Waals surface area (Å²) < 4.78 is 39.5. The molecular weight excluding hydrogens is 632 g/mol. The van der Waals surface area contributed by atoms with Crippen LogP contribution in [-0.4, -0.2) is 99.8 Å². The van der Waals surface area contributed by atoms with Crippen LogP contribution in [0, 0.1) is 0 Å². The highest BCUT2D eigenvalue weighted by atomic mass is 35.5. The zero-order chi connectivity index (χ0) is 32.9. The van der Waals surface area contributed by atoms with E-state index in [-0.39, 0.29) is 37.3 Å². The summed E-state index contributed by atoms with van der Waals surface area (Å²) >= 11 is 12.0. The van der Waals surface area contributed by atoms with Gasteiger partial charge in [0, 0.05) is 60.4 Å². The van der Waals surface area contributed by atoms with Gasteiger partial charge in [-0.1, -0.05) is 23.2 Å². The van der Waals surface area contributed by atoms with Crippen molar-refractivity contribution >= 4 is 59.3 Å². The molecule has 0 spiro atoms. The Morgan fingerprint density at radius 2 is 1.73 bits per heavy atom. The number of aromatic nitrogens is 2. The number of benzene rings is 1. The number of hydrogen-bond donors (Lipinski definition) is 6. The summed E-state index contributed by atoms with van der Waals surface area (Å²) in [5.74, 6) is 0.154. The van der Waals surface area contributed by atoms with Crippen LogP contribution in [0.5, 0.6) is 0 Å². The summed E-state index contributed by atoms with van der Waals surface area (Å²) in [6, 6.07) is 8.90. The number of nitrogens with two attached hydrogens (primary N) is 1. The van der Waals surface area contributed by atoms with Crippen LogP contribution < -0.4 is 11.1 Å². The summed E-state index contributed by atoms with van der Waals surface area (Å²) in [6.45, 7) is 3.83. The van der Waals surface area contributed by atoms with Gasteiger partial charge in [-0.25, -0.2) is 4.98 Å². The fourth-order valence-electron chi connectivity index (χ4n) is 5.20. The second kappa shape index (κ2) is 17.6. The topological polar surface area (TPSA) is 185 Å². The highest BCUT2D eigenvalue weighted by Gasteiger charge is 2.36. The number of carbonyl (C=O) groups is 3. The lowest BCUT2D eigenvalue weighted by molar-refractivity contribution is -0.141. The van der Waals surface area contributed by atoms with Gasteiger partial charge in [0.15, 0.2) is 5.69 Å². The molecule has 2 aliphatic rings. The minimum Gasteiger partial charge on any atom is -0.483 e. The molecule has 44 heavy (non-hydrogen) atoms. The van der Waals surface area contributed by atoms with Crippen molar-refractivity contribution in [3.05, 3.63) is 57.3 Å². The van der Waals surface area contributed by atoms with Crippen LogP contribution in [0.25, 0.3) is 10.9 Å². The predicted molar refractivity (Wildman–Crippen MR) is 159 cm³/mol. The van der Waals surface area contributed by atoms with Gasteiger partial charge in [0.25, 0.3) is 19.4 Å². The molecule has 12 nitrogen and oxygen atoms in total. The Bertz CT molecular complexity index is 1370. The first-order valence-corrected chi connectivity index (χ1v) is 13.9. The number of nitrogens with zero attached hydrogens (tertiary/aromatic N) is 3. The number of carboxylic acid groups (broad SMARTS) is 3. The van der Waals surface area contributed by atoms with Crippen molar-refractivity contribution in [2.45, 2.75) is 31.1 Å². The summed E-state index contributed by atoms with van der Waals surface area (Å²) in [4.78, 5) is 37.1. The van der Waals surface area contributed by atoms with Crippen molar-refractivity contribution in [2.24, 2.45) is 5.73 Å². The predicted octanol–water partition coefficient (Wildman–Crippen LogP) is 4.04. The van der Waals surface area contributed by atoms with E-state index in [0.717, 1.165) is 49.9 Å². The molecule has 5 rings (SSSR count). The molecule has 1 aromatic carbocycles. The monoisotopic (exact) mass is 664 g/mol. The molecule has 2 aliphatic heterocycles. The minimum atomic E-state index is -4.60. The van der Waals surface area contributed by atoms with Crippen LogP contribution in [0.1, 0.15) is 29.4 Å². The van der Waals surface area contributed by atoms with Gasteiger partial charge in [-0.05, 0) is 55.3 Å². The van der Waals surface area contributed by atoms with Crippen molar-refractivity contribution in [1.29, 1.82) is 0 Å². The van der Waals surface area contributed by atoms with E-state index in [1.54, 1.807) is 0 Å². The molecule has 0 amide bonds. The van der Waals surface area contributed by atoms with E-state index in [9.17, 15) is 13.2 Å². The van der Waals surface area contributed by atoms with Crippen LogP contribution >= 0.6 is 23.2 Å². The van der Waals surface area contributed by atoms with Crippen molar-refractivity contribution in [2.75, 3.05) is 44.6 Å². The maximum atomic E-state index is 13.2. The molecule has 2 unspecified atom stereocenters. The highest BCUT2D eigenvalue weighted by Crippen LogP contribution is 2.37. The Morgan fingerprint density at radius 3 is 2.32 bits per heavy atom. The maximum Gasteiger partial charge on any atom is 0.434 e. The number of fused-ring (bicyclic) bond motifs is 3. The number of aromatic amines is 1. The third kappa shape index (κ3) is 10.2. The summed E-state index contributed by atoms with van der Waals surface area (Å²) in [5.41, 5.74) is 8.60. The molecule has 1 saturated heterocycles. The molecule has 242 valence electrons. The van der Waals surface area contributed by atoms with E-state index in [1.807, 2.05) is 18.2 Å². The van der Waals surface area contributed by atoms with Gasteiger partial charge in [0.2, 0.25) is 0 Å². The van der Waals surface area contributed by atoms with E-state index in [0.29, 0.717) is 18.1 Å². The van der Waals surface area contributed by atoms with Crippen LogP contribution in [0.15, 0.2) is 30.3 Å². The smallest absolute Gasteiger partial charge is 0.434 e. The molecule has 0 aliphatic carbocycles. The van der Waals surface area contributed by atoms with E-state index in [1.165, 1.54) is 23.4 Å². The zero-order valence-electron chi connectivity index (χ0n) is 23.3. The van der Waals surface area contributed by atoms with Gasteiger partial charge >= 0.3 is 6.18 Å². The molecule has 1 fully saturated rings. The second-order valence-corrected chi connectivity index (χ2v) is 10.4. The van der Waals surface area contributed by atoms with Crippen molar-refractivity contribution in [3.63, 3.8) is 0 Å². The number of H-pyrrole nitrogens is 1. The standard InChI is InChI=1S/C24H27Cl2F3N6.3CH2O2/c25-14-1-3-19-17(11-14)16-6-9-35(20(22(16)32-19)13-34-8-5-15(30)12-34)10-7-31-21-4-2-18(26)23(33-21)24(27,28)29;3*2-1-3/h1-4,11,15,20,32H,5-10,12-13,30H2,(H,31,33);3*1H,(H,2,3). The first-order valence-electron chi connectivity index (χ1n) is 13.2. The van der Waals surface area contributed by atoms with Crippen LogP contribution in [0.4, 0.5) is 19.0 Å². The highest BCUT2D eigenvalue weighted by molar-refractivity contribution is 6.31. The number of nitrogens with one attached hydrogen (secondary N) is 2. The number of anilines is 1. The number of halogens is 5. The minimum absolute atomic E-state index is 0.112. The molecule has 2 aromatic heterocycles. The molecule has 17 heteroatoms. The Hall–Kier alpha value is -3.63. The van der Waals surface area contributed by atoms with Crippen LogP contribution in [-0.2, 0) is 27.0 Å². The molecule has 0 saturated carbocycles. The third-order valence-corrected chi connectivity index (χ3v) is 7.42. The third-order valence-electron chi connectivity index (χ3n) is 6.88. The first-order chi connectivity index (χ1) is 20.9. The Labute approximate surface area is 260 Å². The number of likely N-dealkylation sites (tertiary alicyclic amines) is 1. The van der Waals surface area contributed by atoms with Crippen molar-refractivity contribution < 1.29 is 42.9 Å². The van der Waals surface area contributed by atoms with Crippen molar-refractivity contribution in [3.8, 4) is 0 Å². The SMILES string of the molecule is NC1CCN(CC2c3[nH]c4ccc(Cl)cc4c3CCN2CCNc2ccc(Cl)c(C(F)(F)F)n2)C1.O=CO.O=CO.O=CO. The van der Waals surface area contributed by atoms with Crippen molar-refractivity contribution in [1.82, 2.24) is 19.8 Å². The lowest BCUT2D eigenvalue weighted by Crippen LogP contribution is -2.44. The van der Waals surface area contributed by atoms with Crippen LogP contribution in [0.2, 0.25) is 10.0 Å². The molecule has 3 aromatic rings. The summed E-state index contributed by atoms with van der Waals surface area (Å²) in [6.07, 6.45) is -2.76. The average molecular weight is 665 g/mol. The van der Waals surface area contributed by atoms with E-state index >= 15 is 0 Å². The molecule has 4 heterocycles. The van der Waals surface area contributed by atoms with Gasteiger partial charge < -0.3 is 31.4 Å². The Morgan fingerprint density at radius 1 is 1.07 bits per heavy atom. The Kier molecular flexibility index (Phi) is 14.6. The van der Waals surface area contributed by atoms with Gasteiger partial charge in [-0.2, -0.15) is 13.2 Å². The number of pyridine rings is 1. The number of alkyl halides is 3. The fourth-order valence-corrected chi connectivity index (χ4v) is 5.59. The summed E-state index contributed by atoms with van der Waals surface area (Å²) in [5, 5.41) is 25.2. The lowest BCUT2D eigenvalue weighted by atomic mass is 9.96. The molecule has 2 atom stereocenters. The van der Waals surface area contributed by atoms with Gasteiger partial charge in [0.05, 0.1) is 11.1 Å². The quantitative estimate of drug-likeness (QED) is 0.209.